The van der Waals surface area contributed by atoms with Crippen LogP contribution in [0.5, 0.6) is 0 Å². The summed E-state index contributed by atoms with van der Waals surface area (Å²) in [5.74, 6) is -0.263. The number of likely N-dealkylation sites (N-methyl/N-ethyl adjacent to an activating group) is 1. The van der Waals surface area contributed by atoms with Crippen molar-refractivity contribution in [2.75, 3.05) is 33.7 Å². The summed E-state index contributed by atoms with van der Waals surface area (Å²) in [7, 11) is 0.202. The summed E-state index contributed by atoms with van der Waals surface area (Å²) in [5, 5.41) is 3.27. The predicted octanol–water partition coefficient (Wildman–Crippen LogP) is 3.81. The molecular weight excluding hydrogens is 457 g/mol. The van der Waals surface area contributed by atoms with Gasteiger partial charge in [0, 0.05) is 25.6 Å². The van der Waals surface area contributed by atoms with E-state index in [9.17, 15) is 13.2 Å². The molecule has 168 valence electrons. The summed E-state index contributed by atoms with van der Waals surface area (Å²) in [6.45, 7) is 1.02. The lowest BCUT2D eigenvalue weighted by atomic mass is 9.97. The van der Waals surface area contributed by atoms with Crippen LogP contribution < -0.4 is 5.32 Å². The smallest absolute Gasteiger partial charge is 0.244 e. The third kappa shape index (κ3) is 5.59. The molecule has 1 amide bonds. The van der Waals surface area contributed by atoms with Crippen molar-refractivity contribution >= 4 is 39.1 Å². The van der Waals surface area contributed by atoms with E-state index in [1.54, 1.807) is 12.1 Å². The zero-order valence-corrected chi connectivity index (χ0v) is 19.9. The normalized spacial score (nSPS) is 16.9. The number of halogens is 2. The minimum Gasteiger partial charge on any atom is -0.354 e. The average molecular weight is 484 g/mol. The molecule has 0 aromatic heterocycles. The van der Waals surface area contributed by atoms with Crippen molar-refractivity contribution in [2.24, 2.45) is 5.92 Å². The van der Waals surface area contributed by atoms with Gasteiger partial charge in [-0.1, -0.05) is 59.6 Å². The Balaban J connectivity index is 1.59. The second kappa shape index (κ2) is 10.3. The maximum absolute atomic E-state index is 13.0. The third-order valence-electron chi connectivity index (χ3n) is 5.64. The van der Waals surface area contributed by atoms with Crippen LogP contribution in [0, 0.1) is 5.92 Å². The minimum absolute atomic E-state index is 0.00116. The fraction of sp³-hybridized carbons (Fsp3) is 0.409. The molecule has 1 fully saturated rings. The zero-order chi connectivity index (χ0) is 22.6. The summed E-state index contributed by atoms with van der Waals surface area (Å²) < 4.78 is 27.3. The van der Waals surface area contributed by atoms with E-state index in [4.69, 9.17) is 23.2 Å². The van der Waals surface area contributed by atoms with Gasteiger partial charge in [0.1, 0.15) is 4.90 Å². The first-order valence-corrected chi connectivity index (χ1v) is 12.3. The predicted molar refractivity (Wildman–Crippen MR) is 124 cm³/mol. The molecule has 1 N–H and O–H groups in total. The van der Waals surface area contributed by atoms with Gasteiger partial charge < -0.3 is 10.2 Å². The maximum atomic E-state index is 13.0. The first-order chi connectivity index (χ1) is 14.7. The largest absolute Gasteiger partial charge is 0.354 e. The lowest BCUT2D eigenvalue weighted by molar-refractivity contribution is -0.126. The fourth-order valence-electron chi connectivity index (χ4n) is 3.80. The van der Waals surface area contributed by atoms with Crippen LogP contribution in [0.3, 0.4) is 0 Å². The number of benzene rings is 2. The second-order valence-electron chi connectivity index (χ2n) is 7.87. The quantitative estimate of drug-likeness (QED) is 0.649. The van der Waals surface area contributed by atoms with Crippen LogP contribution in [0.15, 0.2) is 53.4 Å². The number of sulfonamides is 1. The Morgan fingerprint density at radius 1 is 1.10 bits per heavy atom. The van der Waals surface area contributed by atoms with Gasteiger partial charge in [0.25, 0.3) is 0 Å². The summed E-state index contributed by atoms with van der Waals surface area (Å²) >= 11 is 12.1. The number of rotatable bonds is 7. The molecule has 31 heavy (non-hydrogen) atoms. The molecule has 0 saturated carbocycles. The molecule has 0 bridgehead atoms. The summed E-state index contributed by atoms with van der Waals surface area (Å²) in [4.78, 5) is 14.8. The molecule has 1 aliphatic rings. The van der Waals surface area contributed by atoms with E-state index in [0.717, 1.165) is 5.56 Å². The summed E-state index contributed by atoms with van der Waals surface area (Å²) in [6.07, 6.45) is 0.919. The number of nitrogens with one attached hydrogen (secondary N) is 1. The van der Waals surface area contributed by atoms with Gasteiger partial charge in [0.05, 0.1) is 16.1 Å². The Bertz CT molecular complexity index is 1010. The van der Waals surface area contributed by atoms with Gasteiger partial charge in [-0.25, -0.2) is 8.42 Å². The summed E-state index contributed by atoms with van der Waals surface area (Å²) in [5.41, 5.74) is 1.13. The fourth-order valence-corrected chi connectivity index (χ4v) is 6.00. The number of hydrogen-bond acceptors (Lipinski definition) is 4. The first kappa shape index (κ1) is 24.0. The van der Waals surface area contributed by atoms with Crippen molar-refractivity contribution in [3.8, 4) is 0 Å². The number of carbonyl (C=O) groups is 1. The highest BCUT2D eigenvalue weighted by Gasteiger charge is 2.33. The van der Waals surface area contributed by atoms with E-state index in [2.05, 4.69) is 10.2 Å². The number of piperidine rings is 1. The Morgan fingerprint density at radius 2 is 1.74 bits per heavy atom. The van der Waals surface area contributed by atoms with Crippen molar-refractivity contribution in [3.05, 3.63) is 64.1 Å². The molecule has 0 radical (unpaired) electrons. The standard InChI is InChI=1S/C22H27Cl2N3O3S/c1-26(2)19(16-7-4-3-5-8-16)15-25-22(28)17-11-13-27(14-12-17)31(29,30)20-10-6-9-18(23)21(20)24/h3-10,17,19H,11-15H2,1-2H3,(H,25,28)/t19-/m0/s1. The van der Waals surface area contributed by atoms with Crippen LogP contribution in [-0.2, 0) is 14.8 Å². The monoisotopic (exact) mass is 483 g/mol. The molecule has 6 nitrogen and oxygen atoms in total. The minimum atomic E-state index is -3.76. The zero-order valence-electron chi connectivity index (χ0n) is 17.6. The van der Waals surface area contributed by atoms with Gasteiger partial charge in [-0.3, -0.25) is 4.79 Å². The highest BCUT2D eigenvalue weighted by atomic mass is 35.5. The Hall–Kier alpha value is -1.64. The van der Waals surface area contributed by atoms with Crippen molar-refractivity contribution < 1.29 is 13.2 Å². The topological polar surface area (TPSA) is 69.7 Å². The van der Waals surface area contributed by atoms with Crippen LogP contribution >= 0.6 is 23.2 Å². The molecular formula is C22H27Cl2N3O3S. The Kier molecular flexibility index (Phi) is 7.99. The number of nitrogens with zero attached hydrogens (tertiary/aromatic N) is 2. The van der Waals surface area contributed by atoms with E-state index in [-0.39, 0.29) is 45.9 Å². The average Bonchev–Trinajstić information content (AvgIpc) is 2.76. The van der Waals surface area contributed by atoms with Crippen LogP contribution in [0.4, 0.5) is 0 Å². The molecule has 1 aliphatic heterocycles. The van der Waals surface area contributed by atoms with Crippen LogP contribution in [0.25, 0.3) is 0 Å². The molecule has 2 aromatic rings. The van der Waals surface area contributed by atoms with Crippen molar-refractivity contribution in [1.82, 2.24) is 14.5 Å². The first-order valence-electron chi connectivity index (χ1n) is 10.1. The van der Waals surface area contributed by atoms with Crippen LogP contribution in [0.1, 0.15) is 24.4 Å². The molecule has 9 heteroatoms. The molecule has 0 unspecified atom stereocenters. The summed E-state index contributed by atoms with van der Waals surface area (Å²) in [6, 6.07) is 14.6. The molecule has 3 rings (SSSR count). The van der Waals surface area contributed by atoms with Gasteiger partial charge in [-0.2, -0.15) is 4.31 Å². The highest BCUT2D eigenvalue weighted by molar-refractivity contribution is 7.89. The molecule has 0 spiro atoms. The van der Waals surface area contributed by atoms with Gasteiger partial charge in [0.2, 0.25) is 15.9 Å². The van der Waals surface area contributed by atoms with Gasteiger partial charge in [-0.05, 0) is 44.6 Å². The second-order valence-corrected chi connectivity index (χ2v) is 10.6. The van der Waals surface area contributed by atoms with Gasteiger partial charge in [-0.15, -0.1) is 0 Å². The van der Waals surface area contributed by atoms with Crippen LogP contribution in [-0.4, -0.2) is 57.3 Å². The van der Waals surface area contributed by atoms with E-state index in [1.807, 2.05) is 44.4 Å². The molecule has 2 aromatic carbocycles. The SMILES string of the molecule is CN(C)[C@@H](CNC(=O)C1CCN(S(=O)(=O)c2cccc(Cl)c2Cl)CC1)c1ccccc1. The van der Waals surface area contributed by atoms with E-state index >= 15 is 0 Å². The van der Waals surface area contributed by atoms with E-state index in [0.29, 0.717) is 19.4 Å². The molecule has 0 aliphatic carbocycles. The molecule has 1 saturated heterocycles. The van der Waals surface area contributed by atoms with E-state index in [1.165, 1.54) is 10.4 Å². The number of amides is 1. The van der Waals surface area contributed by atoms with Crippen molar-refractivity contribution in [1.29, 1.82) is 0 Å². The lowest BCUT2D eigenvalue weighted by Crippen LogP contribution is -2.44. The van der Waals surface area contributed by atoms with Crippen molar-refractivity contribution in [3.63, 3.8) is 0 Å². The number of hydrogen-bond donors (Lipinski definition) is 1. The lowest BCUT2D eigenvalue weighted by Gasteiger charge is -2.31. The Labute approximate surface area is 194 Å². The highest BCUT2D eigenvalue weighted by Crippen LogP contribution is 2.32. The third-order valence-corrected chi connectivity index (χ3v) is 8.51. The molecule has 1 heterocycles. The Morgan fingerprint density at radius 3 is 2.35 bits per heavy atom. The molecule has 1 atom stereocenters. The van der Waals surface area contributed by atoms with E-state index < -0.39 is 10.0 Å². The maximum Gasteiger partial charge on any atom is 0.244 e. The van der Waals surface area contributed by atoms with Gasteiger partial charge in [0.15, 0.2) is 0 Å². The van der Waals surface area contributed by atoms with Gasteiger partial charge >= 0.3 is 0 Å². The van der Waals surface area contributed by atoms with Crippen molar-refractivity contribution in [2.45, 2.75) is 23.8 Å². The van der Waals surface area contributed by atoms with Crippen LogP contribution in [0.2, 0.25) is 10.0 Å². The number of carbonyl (C=O) groups excluding carboxylic acids is 1.